The van der Waals surface area contributed by atoms with E-state index in [4.69, 9.17) is 9.31 Å². The Morgan fingerprint density at radius 3 is 1.89 bits per heavy atom. The monoisotopic (exact) mass is 577 g/mol. The molecule has 0 spiro atoms. The zero-order chi connectivity index (χ0) is 30.8. The Balaban J connectivity index is 1.31. The van der Waals surface area contributed by atoms with Crippen LogP contribution in [0.4, 0.5) is 17.1 Å². The third kappa shape index (κ3) is 3.71. The van der Waals surface area contributed by atoms with Crippen molar-refractivity contribution in [2.45, 2.75) is 77.4 Å². The van der Waals surface area contributed by atoms with Crippen LogP contribution in [0.1, 0.15) is 77.6 Å². The first-order valence-electron chi connectivity index (χ1n) is 15.9. The van der Waals surface area contributed by atoms with Gasteiger partial charge in [-0.25, -0.2) is 0 Å². The van der Waals surface area contributed by atoms with Crippen LogP contribution >= 0.6 is 0 Å². The molecule has 1 saturated heterocycles. The summed E-state index contributed by atoms with van der Waals surface area (Å²) in [5.74, 6) is 0. The minimum absolute atomic E-state index is 0.163. The summed E-state index contributed by atoms with van der Waals surface area (Å²) in [5, 5.41) is 2.50. The zero-order valence-corrected chi connectivity index (χ0v) is 27.1. The summed E-state index contributed by atoms with van der Waals surface area (Å²) in [6.07, 6.45) is 0. The number of para-hydroxylation sites is 1. The molecule has 0 saturated carbocycles. The average molecular weight is 578 g/mol. The lowest BCUT2D eigenvalue weighted by Crippen LogP contribution is -2.41. The lowest BCUT2D eigenvalue weighted by Gasteiger charge is -2.43. The molecule has 0 bridgehead atoms. The summed E-state index contributed by atoms with van der Waals surface area (Å²) in [6.45, 7) is 17.9. The van der Waals surface area contributed by atoms with Gasteiger partial charge in [0.05, 0.1) is 22.6 Å². The molecule has 3 aliphatic rings. The molecule has 2 aliphatic heterocycles. The van der Waals surface area contributed by atoms with Crippen molar-refractivity contribution < 1.29 is 9.31 Å². The first kappa shape index (κ1) is 27.7. The van der Waals surface area contributed by atoms with E-state index in [1.807, 2.05) is 0 Å². The van der Waals surface area contributed by atoms with E-state index >= 15 is 0 Å². The van der Waals surface area contributed by atoms with Crippen molar-refractivity contribution >= 4 is 40.4 Å². The van der Waals surface area contributed by atoms with E-state index in [0.717, 1.165) is 5.46 Å². The molecular formula is C40H40BNO2. The normalized spacial score (nSPS) is 19.8. The zero-order valence-electron chi connectivity index (χ0n) is 27.1. The molecule has 44 heavy (non-hydrogen) atoms. The minimum Gasteiger partial charge on any atom is -0.399 e. The van der Waals surface area contributed by atoms with Gasteiger partial charge in [-0.05, 0) is 108 Å². The lowest BCUT2D eigenvalue weighted by atomic mass is 9.71. The third-order valence-electron chi connectivity index (χ3n) is 11.1. The van der Waals surface area contributed by atoms with Crippen molar-refractivity contribution in [1.82, 2.24) is 0 Å². The predicted octanol–water partition coefficient (Wildman–Crippen LogP) is 9.55. The summed E-state index contributed by atoms with van der Waals surface area (Å²) in [4.78, 5) is 2.48. The predicted molar refractivity (Wildman–Crippen MR) is 184 cm³/mol. The van der Waals surface area contributed by atoms with E-state index < -0.39 is 0 Å². The topological polar surface area (TPSA) is 21.7 Å². The van der Waals surface area contributed by atoms with Crippen LogP contribution in [0, 0.1) is 0 Å². The quantitative estimate of drug-likeness (QED) is 0.195. The highest BCUT2D eigenvalue weighted by molar-refractivity contribution is 6.62. The van der Waals surface area contributed by atoms with E-state index in [0.29, 0.717) is 0 Å². The van der Waals surface area contributed by atoms with Gasteiger partial charge >= 0.3 is 7.12 Å². The van der Waals surface area contributed by atoms with E-state index in [1.54, 1.807) is 0 Å². The maximum atomic E-state index is 6.46. The number of anilines is 3. The van der Waals surface area contributed by atoms with E-state index in [-0.39, 0.29) is 29.2 Å². The van der Waals surface area contributed by atoms with Crippen molar-refractivity contribution in [3.05, 3.63) is 119 Å². The minimum atomic E-state index is -0.380. The highest BCUT2D eigenvalue weighted by Crippen LogP contribution is 2.57. The molecule has 0 atom stereocenters. The van der Waals surface area contributed by atoms with Gasteiger partial charge in [0.1, 0.15) is 0 Å². The molecule has 1 fully saturated rings. The second-order valence-electron chi connectivity index (χ2n) is 14.9. The second kappa shape index (κ2) is 8.87. The Morgan fingerprint density at radius 2 is 1.14 bits per heavy atom. The SMILES string of the molecule is CC1(C)c2cc(B3OC(C)(C)C(C)(C)O3)ccc2-c2cc3c(cc21)N(c1ccc2ccccc2c1)c1ccccc1C3(C)C. The van der Waals surface area contributed by atoms with E-state index in [9.17, 15) is 0 Å². The number of hydrogen-bond donors (Lipinski definition) is 0. The Bertz CT molecular complexity index is 1990. The van der Waals surface area contributed by atoms with Crippen LogP contribution in [0.25, 0.3) is 21.9 Å². The molecule has 4 heteroatoms. The van der Waals surface area contributed by atoms with Crippen molar-refractivity contribution in [3.8, 4) is 11.1 Å². The van der Waals surface area contributed by atoms with Gasteiger partial charge in [-0.3, -0.25) is 0 Å². The van der Waals surface area contributed by atoms with Crippen LogP contribution in [0.15, 0.2) is 97.1 Å². The van der Waals surface area contributed by atoms with Crippen LogP contribution in [0.5, 0.6) is 0 Å². The van der Waals surface area contributed by atoms with E-state index in [1.165, 1.54) is 61.2 Å². The molecule has 0 unspecified atom stereocenters. The third-order valence-corrected chi connectivity index (χ3v) is 11.1. The Labute approximate surface area is 262 Å². The van der Waals surface area contributed by atoms with Gasteiger partial charge < -0.3 is 14.2 Å². The maximum absolute atomic E-state index is 6.46. The molecule has 5 aromatic rings. The lowest BCUT2D eigenvalue weighted by molar-refractivity contribution is 0.00578. The van der Waals surface area contributed by atoms with Crippen LogP contribution in [-0.2, 0) is 20.1 Å². The van der Waals surface area contributed by atoms with Crippen molar-refractivity contribution in [3.63, 3.8) is 0 Å². The molecule has 220 valence electrons. The molecule has 0 radical (unpaired) electrons. The molecule has 0 aromatic heterocycles. The summed E-state index contributed by atoms with van der Waals surface area (Å²) in [5.41, 5.74) is 11.7. The fourth-order valence-electron chi connectivity index (χ4n) is 7.66. The number of rotatable bonds is 2. The number of nitrogens with zero attached hydrogens (tertiary/aromatic N) is 1. The highest BCUT2D eigenvalue weighted by Gasteiger charge is 2.52. The Kier molecular flexibility index (Phi) is 5.58. The number of benzene rings is 5. The van der Waals surface area contributed by atoms with Crippen molar-refractivity contribution in [1.29, 1.82) is 0 Å². The Morgan fingerprint density at radius 1 is 0.500 bits per heavy atom. The molecule has 2 heterocycles. The standard InChI is InChI=1S/C40H40BNO2/c1-37(2)31-15-11-12-16-35(31)42(28-19-17-25-13-9-10-14-26(25)21-28)36-24-33-30(23-34(36)37)29-20-18-27(22-32(29)38(33,3)4)41-43-39(5,6)40(7,8)44-41/h9-24H,1-8H3. The molecule has 0 amide bonds. The summed E-state index contributed by atoms with van der Waals surface area (Å²) < 4.78 is 12.9. The van der Waals surface area contributed by atoms with Crippen molar-refractivity contribution in [2.75, 3.05) is 4.90 Å². The second-order valence-corrected chi connectivity index (χ2v) is 14.9. The molecule has 5 aromatic carbocycles. The van der Waals surface area contributed by atoms with Gasteiger partial charge in [-0.2, -0.15) is 0 Å². The van der Waals surface area contributed by atoms with Gasteiger partial charge in [0, 0.05) is 16.5 Å². The van der Waals surface area contributed by atoms with Gasteiger partial charge in [0.15, 0.2) is 0 Å². The molecule has 3 nitrogen and oxygen atoms in total. The fourth-order valence-corrected chi connectivity index (χ4v) is 7.66. The molecule has 0 N–H and O–H groups in total. The van der Waals surface area contributed by atoms with Crippen molar-refractivity contribution in [2.24, 2.45) is 0 Å². The molecule has 8 rings (SSSR count). The Hall–Kier alpha value is -3.86. The largest absolute Gasteiger partial charge is 0.494 e. The maximum Gasteiger partial charge on any atom is 0.494 e. The van der Waals surface area contributed by atoms with Crippen LogP contribution in [0.2, 0.25) is 0 Å². The van der Waals surface area contributed by atoms with Gasteiger partial charge in [-0.1, -0.05) is 94.4 Å². The highest BCUT2D eigenvalue weighted by atomic mass is 16.7. The summed E-state index contributed by atoms with van der Waals surface area (Å²) in [6, 6.07) is 36.2. The average Bonchev–Trinajstić information content (AvgIpc) is 3.35. The molecular weight excluding hydrogens is 537 g/mol. The number of fused-ring (bicyclic) bond motifs is 6. The fraction of sp³-hybridized carbons (Fsp3) is 0.300. The number of hydrogen-bond acceptors (Lipinski definition) is 3. The molecule has 1 aliphatic carbocycles. The first-order chi connectivity index (χ1) is 20.8. The first-order valence-corrected chi connectivity index (χ1v) is 15.9. The van der Waals surface area contributed by atoms with Crippen LogP contribution in [-0.4, -0.2) is 18.3 Å². The van der Waals surface area contributed by atoms with Gasteiger partial charge in [0.2, 0.25) is 0 Å². The summed E-state index contributed by atoms with van der Waals surface area (Å²) in [7, 11) is -0.380. The van der Waals surface area contributed by atoms with Crippen LogP contribution < -0.4 is 10.4 Å². The summed E-state index contributed by atoms with van der Waals surface area (Å²) >= 11 is 0. The van der Waals surface area contributed by atoms with Gasteiger partial charge in [0.25, 0.3) is 0 Å². The van der Waals surface area contributed by atoms with Gasteiger partial charge in [-0.15, -0.1) is 0 Å². The van der Waals surface area contributed by atoms with Crippen LogP contribution in [0.3, 0.4) is 0 Å². The smallest absolute Gasteiger partial charge is 0.399 e. The van der Waals surface area contributed by atoms with E-state index in [2.05, 4.69) is 157 Å².